The molecule has 0 aliphatic rings. The number of thioether (sulfide) groups is 1. The third kappa shape index (κ3) is 6.34. The maximum atomic E-state index is 13.1. The summed E-state index contributed by atoms with van der Waals surface area (Å²) in [5.74, 6) is 0.514. The van der Waals surface area contributed by atoms with Crippen LogP contribution in [0.1, 0.15) is 31.2 Å². The van der Waals surface area contributed by atoms with Gasteiger partial charge >= 0.3 is 0 Å². The maximum Gasteiger partial charge on any atom is 0.269 e. The highest BCUT2D eigenvalue weighted by atomic mass is 32.2. The number of nitro benzene ring substituents is 1. The standard InChI is InChI=1S/C20H22FN5O4S2/c1-2-3-12-32(29,30)22-13-19-23-24-20(31-14-15-4-6-16(21)7-5-15)25(19)17-8-10-18(11-9-17)26(27)28/h4-11,22H,2-3,12-14H2,1H3. The van der Waals surface area contributed by atoms with Crippen LogP contribution in [0.15, 0.2) is 53.7 Å². The lowest BCUT2D eigenvalue weighted by molar-refractivity contribution is -0.384. The van der Waals surface area contributed by atoms with Gasteiger partial charge < -0.3 is 0 Å². The molecule has 1 N–H and O–H groups in total. The monoisotopic (exact) mass is 479 g/mol. The largest absolute Gasteiger partial charge is 0.273 e. The van der Waals surface area contributed by atoms with Crippen LogP contribution in [0.5, 0.6) is 0 Å². The van der Waals surface area contributed by atoms with Crippen LogP contribution in [0, 0.1) is 15.9 Å². The van der Waals surface area contributed by atoms with Crippen LogP contribution in [0.3, 0.4) is 0 Å². The molecule has 3 aromatic rings. The number of halogens is 1. The molecule has 0 bridgehead atoms. The van der Waals surface area contributed by atoms with Gasteiger partial charge in [0.25, 0.3) is 5.69 Å². The fourth-order valence-electron chi connectivity index (χ4n) is 2.80. The van der Waals surface area contributed by atoms with E-state index >= 15 is 0 Å². The number of hydrogen-bond acceptors (Lipinski definition) is 7. The summed E-state index contributed by atoms with van der Waals surface area (Å²) in [4.78, 5) is 10.5. The summed E-state index contributed by atoms with van der Waals surface area (Å²) >= 11 is 1.34. The number of nitro groups is 1. The number of hydrogen-bond donors (Lipinski definition) is 1. The molecule has 2 aromatic carbocycles. The van der Waals surface area contributed by atoms with E-state index in [1.165, 1.54) is 36.0 Å². The Labute approximate surface area is 189 Å². The Balaban J connectivity index is 1.87. The van der Waals surface area contributed by atoms with E-state index in [-0.39, 0.29) is 23.8 Å². The molecular formula is C20H22FN5O4S2. The van der Waals surface area contributed by atoms with Gasteiger partial charge in [-0.15, -0.1) is 10.2 Å². The molecule has 1 heterocycles. The molecule has 0 spiro atoms. The normalized spacial score (nSPS) is 11.6. The van der Waals surface area contributed by atoms with Crippen LogP contribution in [0.2, 0.25) is 0 Å². The molecule has 0 amide bonds. The average molecular weight is 480 g/mol. The van der Waals surface area contributed by atoms with Gasteiger partial charge in [0.1, 0.15) is 5.82 Å². The first-order valence-corrected chi connectivity index (χ1v) is 12.5. The quantitative estimate of drug-likeness (QED) is 0.252. The van der Waals surface area contributed by atoms with Crippen LogP contribution < -0.4 is 4.72 Å². The van der Waals surface area contributed by atoms with Crippen molar-refractivity contribution in [2.45, 2.75) is 37.2 Å². The van der Waals surface area contributed by atoms with E-state index in [1.54, 1.807) is 28.8 Å². The number of unbranched alkanes of at least 4 members (excludes halogenated alkanes) is 1. The molecule has 0 saturated carbocycles. The Bertz CT molecular complexity index is 1170. The molecule has 9 nitrogen and oxygen atoms in total. The van der Waals surface area contributed by atoms with Crippen LogP contribution in [-0.4, -0.2) is 33.9 Å². The van der Waals surface area contributed by atoms with Gasteiger partial charge in [-0.3, -0.25) is 14.7 Å². The molecule has 3 rings (SSSR count). The Morgan fingerprint density at radius 2 is 1.81 bits per heavy atom. The van der Waals surface area contributed by atoms with Crippen LogP contribution >= 0.6 is 11.8 Å². The highest BCUT2D eigenvalue weighted by Crippen LogP contribution is 2.26. The Morgan fingerprint density at radius 1 is 1.12 bits per heavy atom. The highest BCUT2D eigenvalue weighted by Gasteiger charge is 2.18. The zero-order chi connectivity index (χ0) is 23.1. The van der Waals surface area contributed by atoms with Crippen molar-refractivity contribution in [3.05, 3.63) is 75.9 Å². The molecular weight excluding hydrogens is 457 g/mol. The van der Waals surface area contributed by atoms with Gasteiger partial charge in [-0.25, -0.2) is 17.5 Å². The van der Waals surface area contributed by atoms with Crippen molar-refractivity contribution in [3.8, 4) is 5.69 Å². The maximum absolute atomic E-state index is 13.1. The van der Waals surface area contributed by atoms with Crippen molar-refractivity contribution >= 4 is 27.5 Å². The van der Waals surface area contributed by atoms with E-state index in [4.69, 9.17) is 0 Å². The van der Waals surface area contributed by atoms with Crippen molar-refractivity contribution in [2.24, 2.45) is 0 Å². The van der Waals surface area contributed by atoms with Crippen molar-refractivity contribution in [3.63, 3.8) is 0 Å². The minimum absolute atomic E-state index is 0.0152. The van der Waals surface area contributed by atoms with Gasteiger partial charge in [0, 0.05) is 23.6 Å². The summed E-state index contributed by atoms with van der Waals surface area (Å²) in [6.45, 7) is 1.83. The number of nitrogens with zero attached hydrogens (tertiary/aromatic N) is 4. The smallest absolute Gasteiger partial charge is 0.269 e. The van der Waals surface area contributed by atoms with Crippen molar-refractivity contribution in [2.75, 3.05) is 5.75 Å². The predicted octanol–water partition coefficient (Wildman–Crippen LogP) is 3.83. The van der Waals surface area contributed by atoms with Gasteiger partial charge in [-0.1, -0.05) is 37.2 Å². The average Bonchev–Trinajstić information content (AvgIpc) is 3.19. The lowest BCUT2D eigenvalue weighted by Gasteiger charge is -2.11. The number of aromatic nitrogens is 3. The SMILES string of the molecule is CCCCS(=O)(=O)NCc1nnc(SCc2ccc(F)cc2)n1-c1ccc([N+](=O)[O-])cc1. The van der Waals surface area contributed by atoms with Crippen molar-refractivity contribution in [1.29, 1.82) is 0 Å². The van der Waals surface area contributed by atoms with E-state index in [0.717, 1.165) is 12.0 Å². The third-order valence-corrected chi connectivity index (χ3v) is 6.93. The Morgan fingerprint density at radius 3 is 2.44 bits per heavy atom. The predicted molar refractivity (Wildman–Crippen MR) is 120 cm³/mol. The first-order chi connectivity index (χ1) is 15.3. The van der Waals surface area contributed by atoms with Gasteiger partial charge in [-0.2, -0.15) is 0 Å². The molecule has 12 heteroatoms. The second-order valence-corrected chi connectivity index (χ2v) is 9.79. The Hall–Kier alpha value is -2.83. The number of non-ortho nitro benzene ring substituents is 1. The van der Waals surface area contributed by atoms with Gasteiger partial charge in [0.15, 0.2) is 11.0 Å². The molecule has 1 aromatic heterocycles. The van der Waals surface area contributed by atoms with Gasteiger partial charge in [0.05, 0.1) is 17.2 Å². The minimum atomic E-state index is -3.47. The second-order valence-electron chi connectivity index (χ2n) is 6.92. The molecule has 0 radical (unpaired) electrons. The van der Waals surface area contributed by atoms with Gasteiger partial charge in [0.2, 0.25) is 10.0 Å². The van der Waals surface area contributed by atoms with Crippen LogP contribution in [-0.2, 0) is 22.3 Å². The molecule has 0 aliphatic carbocycles. The molecule has 0 atom stereocenters. The summed E-state index contributed by atoms with van der Waals surface area (Å²) in [6, 6.07) is 11.9. The van der Waals surface area contributed by atoms with Crippen LogP contribution in [0.4, 0.5) is 10.1 Å². The number of nitrogens with one attached hydrogen (secondary N) is 1. The molecule has 0 saturated heterocycles. The highest BCUT2D eigenvalue weighted by molar-refractivity contribution is 7.98. The fourth-order valence-corrected chi connectivity index (χ4v) is 4.89. The number of sulfonamides is 1. The van der Waals surface area contributed by atoms with E-state index in [2.05, 4.69) is 14.9 Å². The summed E-state index contributed by atoms with van der Waals surface area (Å²) in [5.41, 5.74) is 1.37. The summed E-state index contributed by atoms with van der Waals surface area (Å²) in [7, 11) is -3.47. The molecule has 32 heavy (non-hydrogen) atoms. The summed E-state index contributed by atoms with van der Waals surface area (Å²) < 4.78 is 41.7. The Kier molecular flexibility index (Phi) is 7.94. The second kappa shape index (κ2) is 10.7. The molecule has 0 unspecified atom stereocenters. The minimum Gasteiger partial charge on any atom is -0.273 e. The third-order valence-electron chi connectivity index (χ3n) is 4.52. The number of benzene rings is 2. The van der Waals surface area contributed by atoms with E-state index < -0.39 is 14.9 Å². The topological polar surface area (TPSA) is 120 Å². The summed E-state index contributed by atoms with van der Waals surface area (Å²) in [5, 5.41) is 19.8. The van der Waals surface area contributed by atoms with Crippen molar-refractivity contribution in [1.82, 2.24) is 19.5 Å². The number of rotatable bonds is 11. The van der Waals surface area contributed by atoms with E-state index in [1.807, 2.05) is 6.92 Å². The zero-order valence-electron chi connectivity index (χ0n) is 17.3. The first-order valence-electron chi connectivity index (χ1n) is 9.83. The molecule has 0 fully saturated rings. The molecule has 0 aliphatic heterocycles. The molecule has 170 valence electrons. The van der Waals surface area contributed by atoms with E-state index in [9.17, 15) is 22.9 Å². The van der Waals surface area contributed by atoms with E-state index in [0.29, 0.717) is 28.8 Å². The van der Waals surface area contributed by atoms with Crippen LogP contribution in [0.25, 0.3) is 5.69 Å². The van der Waals surface area contributed by atoms with Crippen molar-refractivity contribution < 1.29 is 17.7 Å². The lowest BCUT2D eigenvalue weighted by Crippen LogP contribution is -2.27. The first kappa shape index (κ1) is 23.8. The zero-order valence-corrected chi connectivity index (χ0v) is 18.9. The summed E-state index contributed by atoms with van der Waals surface area (Å²) in [6.07, 6.45) is 1.30. The van der Waals surface area contributed by atoms with Gasteiger partial charge in [-0.05, 0) is 36.2 Å². The lowest BCUT2D eigenvalue weighted by atomic mass is 10.2. The fraction of sp³-hybridized carbons (Fsp3) is 0.300.